The lowest BCUT2D eigenvalue weighted by molar-refractivity contribution is -0.123. The first-order valence-electron chi connectivity index (χ1n) is 7.80. The predicted molar refractivity (Wildman–Crippen MR) is 93.4 cm³/mol. The van der Waals surface area contributed by atoms with Crippen LogP contribution in [-0.4, -0.2) is 21.4 Å². The van der Waals surface area contributed by atoms with Crippen molar-refractivity contribution >= 4 is 21.6 Å². The number of carbonyl (C=O) groups excluding carboxylic acids is 1. The minimum absolute atomic E-state index is 0.00995. The minimum Gasteiger partial charge on any atom is -0.358 e. The molecule has 2 N–H and O–H groups in total. The maximum atomic E-state index is 12.5. The molecule has 0 radical (unpaired) electrons. The van der Waals surface area contributed by atoms with Crippen LogP contribution in [0, 0.1) is 6.92 Å². The van der Waals surface area contributed by atoms with Crippen LogP contribution in [0.4, 0.5) is 5.69 Å². The number of benzene rings is 2. The van der Waals surface area contributed by atoms with E-state index in [1.807, 2.05) is 12.1 Å². The van der Waals surface area contributed by atoms with Crippen LogP contribution >= 0.6 is 0 Å². The number of hydrogen-bond acceptors (Lipinski definition) is 3. The summed E-state index contributed by atoms with van der Waals surface area (Å²) < 4.78 is 27.6. The molecular formula is C18H20N2O3S. The third-order valence-corrected chi connectivity index (χ3v) is 6.03. The van der Waals surface area contributed by atoms with Crippen LogP contribution in [0.15, 0.2) is 53.4 Å². The molecule has 5 nitrogen and oxygen atoms in total. The van der Waals surface area contributed by atoms with E-state index in [-0.39, 0.29) is 10.8 Å². The van der Waals surface area contributed by atoms with Gasteiger partial charge in [0.2, 0.25) is 5.91 Å². The van der Waals surface area contributed by atoms with Gasteiger partial charge in [-0.2, -0.15) is 0 Å². The molecule has 1 amide bonds. The second-order valence-electron chi connectivity index (χ2n) is 6.11. The van der Waals surface area contributed by atoms with Gasteiger partial charge in [-0.1, -0.05) is 30.3 Å². The Morgan fingerprint density at radius 1 is 1.04 bits per heavy atom. The lowest BCUT2D eigenvalue weighted by atomic mass is 9.95. The molecule has 24 heavy (non-hydrogen) atoms. The summed E-state index contributed by atoms with van der Waals surface area (Å²) >= 11 is 0. The van der Waals surface area contributed by atoms with Crippen molar-refractivity contribution in [3.8, 4) is 0 Å². The summed E-state index contributed by atoms with van der Waals surface area (Å²) in [5.74, 6) is 0.00995. The molecule has 0 heterocycles. The molecule has 1 aliphatic carbocycles. The molecule has 1 fully saturated rings. The summed E-state index contributed by atoms with van der Waals surface area (Å²) in [6.45, 7) is 1.76. The van der Waals surface area contributed by atoms with Crippen LogP contribution < -0.4 is 10.0 Å². The molecule has 2 aromatic carbocycles. The highest BCUT2D eigenvalue weighted by molar-refractivity contribution is 7.92. The van der Waals surface area contributed by atoms with Gasteiger partial charge in [0.15, 0.2) is 0 Å². The molecule has 0 bridgehead atoms. The molecule has 0 spiro atoms. The van der Waals surface area contributed by atoms with E-state index >= 15 is 0 Å². The molecule has 0 aliphatic heterocycles. The van der Waals surface area contributed by atoms with E-state index in [0.717, 1.165) is 18.4 Å². The Morgan fingerprint density at radius 2 is 1.67 bits per heavy atom. The molecule has 0 aromatic heterocycles. The van der Waals surface area contributed by atoms with Gasteiger partial charge in [0.1, 0.15) is 0 Å². The highest BCUT2D eigenvalue weighted by atomic mass is 32.2. The smallest absolute Gasteiger partial charge is 0.262 e. The number of anilines is 1. The standard InChI is InChI=1S/C18H20N2O3S/c1-13-5-3-4-6-16(13)24(22,23)20-15-9-7-14(8-10-15)18(11-12-18)17(21)19-2/h3-10,20H,11-12H2,1-2H3,(H,19,21). The average molecular weight is 344 g/mol. The lowest BCUT2D eigenvalue weighted by Gasteiger charge is -2.15. The molecular weight excluding hydrogens is 324 g/mol. The Balaban J connectivity index is 1.83. The Hall–Kier alpha value is -2.34. The van der Waals surface area contributed by atoms with Gasteiger partial charge >= 0.3 is 0 Å². The predicted octanol–water partition coefficient (Wildman–Crippen LogP) is 2.57. The van der Waals surface area contributed by atoms with Gasteiger partial charge in [-0.15, -0.1) is 0 Å². The van der Waals surface area contributed by atoms with Crippen LogP contribution in [0.1, 0.15) is 24.0 Å². The van der Waals surface area contributed by atoms with E-state index < -0.39 is 15.4 Å². The van der Waals surface area contributed by atoms with E-state index in [9.17, 15) is 13.2 Å². The topological polar surface area (TPSA) is 75.3 Å². The second kappa shape index (κ2) is 5.94. The number of amides is 1. The number of rotatable bonds is 5. The van der Waals surface area contributed by atoms with Gasteiger partial charge in [0.25, 0.3) is 10.0 Å². The highest BCUT2D eigenvalue weighted by Gasteiger charge is 2.50. The highest BCUT2D eigenvalue weighted by Crippen LogP contribution is 2.48. The molecule has 0 atom stereocenters. The van der Waals surface area contributed by atoms with Crippen molar-refractivity contribution in [2.24, 2.45) is 0 Å². The summed E-state index contributed by atoms with van der Waals surface area (Å²) in [5.41, 5.74) is 1.65. The van der Waals surface area contributed by atoms with Gasteiger partial charge in [0.05, 0.1) is 10.3 Å². The van der Waals surface area contributed by atoms with Crippen LogP contribution in [0.25, 0.3) is 0 Å². The van der Waals surface area contributed by atoms with Crippen molar-refractivity contribution in [2.75, 3.05) is 11.8 Å². The fourth-order valence-electron chi connectivity index (χ4n) is 2.94. The van der Waals surface area contributed by atoms with Crippen LogP contribution in [0.5, 0.6) is 0 Å². The Kier molecular flexibility index (Phi) is 4.09. The van der Waals surface area contributed by atoms with E-state index in [1.54, 1.807) is 50.4 Å². The van der Waals surface area contributed by atoms with Crippen LogP contribution in [0.3, 0.4) is 0 Å². The second-order valence-corrected chi connectivity index (χ2v) is 7.76. The van der Waals surface area contributed by atoms with E-state index in [0.29, 0.717) is 11.3 Å². The monoisotopic (exact) mass is 344 g/mol. The van der Waals surface area contributed by atoms with E-state index in [1.165, 1.54) is 0 Å². The van der Waals surface area contributed by atoms with Gasteiger partial charge in [-0.25, -0.2) is 8.42 Å². The summed E-state index contributed by atoms with van der Waals surface area (Å²) in [7, 11) is -1.99. The van der Waals surface area contributed by atoms with Crippen molar-refractivity contribution < 1.29 is 13.2 Å². The largest absolute Gasteiger partial charge is 0.358 e. The third kappa shape index (κ3) is 2.89. The molecule has 1 saturated carbocycles. The lowest BCUT2D eigenvalue weighted by Crippen LogP contribution is -2.31. The van der Waals surface area contributed by atoms with Gasteiger partial charge < -0.3 is 5.32 Å². The molecule has 6 heteroatoms. The van der Waals surface area contributed by atoms with Crippen molar-refractivity contribution in [3.63, 3.8) is 0 Å². The molecule has 126 valence electrons. The summed E-state index contributed by atoms with van der Waals surface area (Å²) in [5, 5.41) is 2.70. The van der Waals surface area contributed by atoms with Gasteiger partial charge in [-0.05, 0) is 49.1 Å². The average Bonchev–Trinajstić information content (AvgIpc) is 3.36. The zero-order chi connectivity index (χ0) is 17.4. The molecule has 1 aliphatic rings. The van der Waals surface area contributed by atoms with Crippen LogP contribution in [0.2, 0.25) is 0 Å². The number of likely N-dealkylation sites (N-methyl/N-ethyl adjacent to an activating group) is 1. The Labute approximate surface area is 142 Å². The number of hydrogen-bond donors (Lipinski definition) is 2. The van der Waals surface area contributed by atoms with Crippen molar-refractivity contribution in [1.82, 2.24) is 5.32 Å². The zero-order valence-corrected chi connectivity index (χ0v) is 14.5. The fraction of sp³-hybridized carbons (Fsp3) is 0.278. The maximum absolute atomic E-state index is 12.5. The Morgan fingerprint density at radius 3 is 2.21 bits per heavy atom. The molecule has 2 aromatic rings. The van der Waals surface area contributed by atoms with Gasteiger partial charge in [0, 0.05) is 12.7 Å². The van der Waals surface area contributed by atoms with Gasteiger partial charge in [-0.3, -0.25) is 9.52 Å². The van der Waals surface area contributed by atoms with Crippen molar-refractivity contribution in [1.29, 1.82) is 0 Å². The number of carbonyl (C=O) groups is 1. The van der Waals surface area contributed by atoms with Crippen molar-refractivity contribution in [2.45, 2.75) is 30.1 Å². The number of nitrogens with one attached hydrogen (secondary N) is 2. The third-order valence-electron chi connectivity index (χ3n) is 4.48. The summed E-state index contributed by atoms with van der Waals surface area (Å²) in [6.07, 6.45) is 1.64. The molecule has 0 unspecified atom stereocenters. The minimum atomic E-state index is -3.63. The zero-order valence-electron chi connectivity index (χ0n) is 13.7. The van der Waals surface area contributed by atoms with Crippen LogP contribution in [-0.2, 0) is 20.2 Å². The number of aryl methyl sites for hydroxylation is 1. The first kappa shape index (κ1) is 16.5. The normalized spacial score (nSPS) is 15.6. The van der Waals surface area contributed by atoms with E-state index in [4.69, 9.17) is 0 Å². The van der Waals surface area contributed by atoms with E-state index in [2.05, 4.69) is 10.0 Å². The molecule has 3 rings (SSSR count). The summed E-state index contributed by atoms with van der Waals surface area (Å²) in [4.78, 5) is 12.3. The quantitative estimate of drug-likeness (QED) is 0.875. The Bertz CT molecular complexity index is 869. The summed E-state index contributed by atoms with van der Waals surface area (Å²) in [6, 6.07) is 13.9. The molecule has 0 saturated heterocycles. The first-order valence-corrected chi connectivity index (χ1v) is 9.28. The fourth-order valence-corrected chi connectivity index (χ4v) is 4.24. The van der Waals surface area contributed by atoms with Crippen molar-refractivity contribution in [3.05, 3.63) is 59.7 Å². The number of sulfonamides is 1. The SMILES string of the molecule is CNC(=O)C1(c2ccc(NS(=O)(=O)c3ccccc3C)cc2)CC1. The first-order chi connectivity index (χ1) is 11.4. The maximum Gasteiger partial charge on any atom is 0.262 e.